The molecular weight excluding hydrogens is 354 g/mol. The zero-order chi connectivity index (χ0) is 19.9. The van der Waals surface area contributed by atoms with E-state index >= 15 is 0 Å². The highest BCUT2D eigenvalue weighted by Gasteiger charge is 2.16. The Labute approximate surface area is 165 Å². The fourth-order valence-corrected chi connectivity index (χ4v) is 3.14. The molecule has 1 aliphatic heterocycles. The number of amides is 2. The van der Waals surface area contributed by atoms with Crippen molar-refractivity contribution in [3.05, 3.63) is 59.7 Å². The molecule has 0 aliphatic carbocycles. The Morgan fingerprint density at radius 2 is 1.64 bits per heavy atom. The second-order valence-corrected chi connectivity index (χ2v) is 7.00. The van der Waals surface area contributed by atoms with Crippen LogP contribution >= 0.6 is 0 Å². The summed E-state index contributed by atoms with van der Waals surface area (Å²) >= 11 is 0. The van der Waals surface area contributed by atoms with Crippen LogP contribution in [0.3, 0.4) is 0 Å². The number of hydrogen-bond donors (Lipinski definition) is 3. The molecule has 0 radical (unpaired) electrons. The van der Waals surface area contributed by atoms with Crippen LogP contribution in [0.5, 0.6) is 0 Å². The molecule has 28 heavy (non-hydrogen) atoms. The van der Waals surface area contributed by atoms with Crippen molar-refractivity contribution in [2.45, 2.75) is 13.1 Å². The maximum atomic E-state index is 12.1. The van der Waals surface area contributed by atoms with Crippen molar-refractivity contribution in [3.8, 4) is 0 Å². The van der Waals surface area contributed by atoms with Gasteiger partial charge in [-0.3, -0.25) is 9.59 Å². The Hall–Kier alpha value is -2.90. The van der Waals surface area contributed by atoms with Crippen molar-refractivity contribution in [1.82, 2.24) is 10.2 Å². The SMILES string of the molecule is CN1CCN(c2ccc(NC(=O)C(=O)NCc3cccc(CN)c3)cc2)CC1. The molecule has 7 heteroatoms. The van der Waals surface area contributed by atoms with E-state index in [1.165, 1.54) is 0 Å². The molecule has 1 saturated heterocycles. The van der Waals surface area contributed by atoms with Crippen molar-refractivity contribution in [1.29, 1.82) is 0 Å². The molecule has 3 rings (SSSR count). The Balaban J connectivity index is 1.50. The van der Waals surface area contributed by atoms with E-state index in [4.69, 9.17) is 5.73 Å². The summed E-state index contributed by atoms with van der Waals surface area (Å²) in [6.07, 6.45) is 0. The molecule has 1 fully saturated rings. The number of nitrogens with one attached hydrogen (secondary N) is 2. The lowest BCUT2D eigenvalue weighted by atomic mass is 10.1. The highest BCUT2D eigenvalue weighted by molar-refractivity contribution is 6.39. The summed E-state index contributed by atoms with van der Waals surface area (Å²) in [6.45, 7) is 4.75. The van der Waals surface area contributed by atoms with Gasteiger partial charge in [-0.05, 0) is 42.4 Å². The normalized spacial score (nSPS) is 14.6. The molecule has 4 N–H and O–H groups in total. The van der Waals surface area contributed by atoms with Crippen molar-refractivity contribution in [3.63, 3.8) is 0 Å². The van der Waals surface area contributed by atoms with E-state index in [1.807, 2.05) is 48.5 Å². The van der Waals surface area contributed by atoms with Crippen molar-refractivity contribution in [2.24, 2.45) is 5.73 Å². The number of hydrogen-bond acceptors (Lipinski definition) is 5. The molecule has 0 atom stereocenters. The molecule has 2 aromatic rings. The number of likely N-dealkylation sites (N-methyl/N-ethyl adjacent to an activating group) is 1. The van der Waals surface area contributed by atoms with Gasteiger partial charge in [-0.25, -0.2) is 0 Å². The van der Waals surface area contributed by atoms with Gasteiger partial charge >= 0.3 is 11.8 Å². The topological polar surface area (TPSA) is 90.7 Å². The van der Waals surface area contributed by atoms with Gasteiger partial charge < -0.3 is 26.2 Å². The summed E-state index contributed by atoms with van der Waals surface area (Å²) < 4.78 is 0. The van der Waals surface area contributed by atoms with Crippen LogP contribution in [-0.2, 0) is 22.7 Å². The lowest BCUT2D eigenvalue weighted by Crippen LogP contribution is -2.44. The molecule has 7 nitrogen and oxygen atoms in total. The molecule has 0 saturated carbocycles. The van der Waals surface area contributed by atoms with Gasteiger partial charge in [0, 0.05) is 50.6 Å². The number of rotatable bonds is 5. The largest absolute Gasteiger partial charge is 0.369 e. The van der Waals surface area contributed by atoms with Crippen LogP contribution in [-0.4, -0.2) is 49.9 Å². The van der Waals surface area contributed by atoms with Crippen LogP contribution in [0.25, 0.3) is 0 Å². The minimum Gasteiger partial charge on any atom is -0.369 e. The smallest absolute Gasteiger partial charge is 0.313 e. The summed E-state index contributed by atoms with van der Waals surface area (Å²) in [4.78, 5) is 28.8. The molecule has 1 aliphatic rings. The number of anilines is 2. The number of nitrogens with two attached hydrogens (primary N) is 1. The van der Waals surface area contributed by atoms with Gasteiger partial charge in [0.25, 0.3) is 0 Å². The molecule has 2 aromatic carbocycles. The van der Waals surface area contributed by atoms with Crippen LogP contribution < -0.4 is 21.3 Å². The maximum Gasteiger partial charge on any atom is 0.313 e. The van der Waals surface area contributed by atoms with E-state index < -0.39 is 11.8 Å². The van der Waals surface area contributed by atoms with E-state index in [0.717, 1.165) is 43.0 Å². The fraction of sp³-hybridized carbons (Fsp3) is 0.333. The number of carbonyl (C=O) groups is 2. The highest BCUT2D eigenvalue weighted by atomic mass is 16.2. The average Bonchev–Trinajstić information content (AvgIpc) is 2.73. The average molecular weight is 381 g/mol. The number of carbonyl (C=O) groups excluding carboxylic acids is 2. The molecular formula is C21H27N5O2. The van der Waals surface area contributed by atoms with E-state index in [1.54, 1.807) is 0 Å². The predicted molar refractivity (Wildman–Crippen MR) is 111 cm³/mol. The van der Waals surface area contributed by atoms with Crippen LogP contribution in [0.15, 0.2) is 48.5 Å². The Bertz CT molecular complexity index is 814. The van der Waals surface area contributed by atoms with Crippen molar-refractivity contribution >= 4 is 23.2 Å². The van der Waals surface area contributed by atoms with Crippen LogP contribution in [0, 0.1) is 0 Å². The van der Waals surface area contributed by atoms with E-state index in [0.29, 0.717) is 12.2 Å². The molecule has 0 spiro atoms. The molecule has 0 bridgehead atoms. The third-order valence-corrected chi connectivity index (χ3v) is 4.88. The first-order valence-electron chi connectivity index (χ1n) is 9.46. The van der Waals surface area contributed by atoms with Gasteiger partial charge in [-0.1, -0.05) is 24.3 Å². The van der Waals surface area contributed by atoms with Crippen molar-refractivity contribution in [2.75, 3.05) is 43.4 Å². The predicted octanol–water partition coefficient (Wildman–Crippen LogP) is 1.15. The quantitative estimate of drug-likeness (QED) is 0.676. The fourth-order valence-electron chi connectivity index (χ4n) is 3.14. The number of piperazine rings is 1. The molecule has 0 unspecified atom stereocenters. The zero-order valence-corrected chi connectivity index (χ0v) is 16.1. The molecule has 1 heterocycles. The summed E-state index contributed by atoms with van der Waals surface area (Å²) in [5.41, 5.74) is 9.22. The molecule has 148 valence electrons. The van der Waals surface area contributed by atoms with Gasteiger partial charge in [-0.2, -0.15) is 0 Å². The Kier molecular flexibility index (Phi) is 6.62. The maximum absolute atomic E-state index is 12.1. The minimum atomic E-state index is -0.678. The second kappa shape index (κ2) is 9.34. The third kappa shape index (κ3) is 5.31. The minimum absolute atomic E-state index is 0.280. The first-order valence-corrected chi connectivity index (χ1v) is 9.46. The molecule has 2 amide bonds. The van der Waals surface area contributed by atoms with E-state index in [-0.39, 0.29) is 6.54 Å². The summed E-state index contributed by atoms with van der Waals surface area (Å²) in [6, 6.07) is 15.2. The summed E-state index contributed by atoms with van der Waals surface area (Å²) in [7, 11) is 2.12. The standard InChI is InChI=1S/C21H27N5O2/c1-25-9-11-26(12-10-25)19-7-5-18(6-8-19)24-21(28)20(27)23-15-17-4-2-3-16(13-17)14-22/h2-8,13H,9-12,14-15,22H2,1H3,(H,23,27)(H,24,28). The zero-order valence-electron chi connectivity index (χ0n) is 16.1. The summed E-state index contributed by atoms with van der Waals surface area (Å²) in [5.74, 6) is -1.34. The van der Waals surface area contributed by atoms with Gasteiger partial charge in [0.2, 0.25) is 0 Å². The van der Waals surface area contributed by atoms with E-state index in [2.05, 4.69) is 27.5 Å². The number of nitrogens with zero attached hydrogens (tertiary/aromatic N) is 2. The van der Waals surface area contributed by atoms with Crippen LogP contribution in [0.1, 0.15) is 11.1 Å². The number of benzene rings is 2. The van der Waals surface area contributed by atoms with Crippen molar-refractivity contribution < 1.29 is 9.59 Å². The lowest BCUT2D eigenvalue weighted by Gasteiger charge is -2.34. The van der Waals surface area contributed by atoms with E-state index in [9.17, 15) is 9.59 Å². The lowest BCUT2D eigenvalue weighted by molar-refractivity contribution is -0.136. The third-order valence-electron chi connectivity index (χ3n) is 4.88. The second-order valence-electron chi connectivity index (χ2n) is 7.00. The van der Waals surface area contributed by atoms with Gasteiger partial charge in [0.15, 0.2) is 0 Å². The van der Waals surface area contributed by atoms with Gasteiger partial charge in [-0.15, -0.1) is 0 Å². The Morgan fingerprint density at radius 1 is 0.964 bits per heavy atom. The Morgan fingerprint density at radius 3 is 2.32 bits per heavy atom. The van der Waals surface area contributed by atoms with Crippen LogP contribution in [0.4, 0.5) is 11.4 Å². The monoisotopic (exact) mass is 381 g/mol. The van der Waals surface area contributed by atoms with Crippen LogP contribution in [0.2, 0.25) is 0 Å². The highest BCUT2D eigenvalue weighted by Crippen LogP contribution is 2.19. The first kappa shape index (κ1) is 19.9. The first-order chi connectivity index (χ1) is 13.5. The molecule has 0 aromatic heterocycles. The van der Waals surface area contributed by atoms with Gasteiger partial charge in [0.1, 0.15) is 0 Å². The van der Waals surface area contributed by atoms with Gasteiger partial charge in [0.05, 0.1) is 0 Å². The summed E-state index contributed by atoms with van der Waals surface area (Å²) in [5, 5.41) is 5.27.